The molecular formula is C12H16N2OS. The van der Waals surface area contributed by atoms with Gasteiger partial charge in [-0.2, -0.15) is 0 Å². The van der Waals surface area contributed by atoms with Gasteiger partial charge in [-0.3, -0.25) is 8.75 Å². The van der Waals surface area contributed by atoms with Gasteiger partial charge in [-0.25, -0.2) is 0 Å². The second-order valence-corrected chi connectivity index (χ2v) is 5.17. The first-order valence-electron chi connectivity index (χ1n) is 5.50. The third-order valence-corrected chi connectivity index (χ3v) is 3.54. The van der Waals surface area contributed by atoms with Crippen LogP contribution in [-0.2, 0) is 6.54 Å². The number of nitrogens with one attached hydrogen (secondary N) is 1. The van der Waals surface area contributed by atoms with Crippen LogP contribution in [0, 0.1) is 0 Å². The van der Waals surface area contributed by atoms with Gasteiger partial charge in [0.2, 0.25) is 0 Å². The van der Waals surface area contributed by atoms with Gasteiger partial charge in [0.1, 0.15) is 0 Å². The van der Waals surface area contributed by atoms with Crippen molar-refractivity contribution in [3.8, 4) is 0 Å². The number of hydrogen-bond acceptors (Lipinski definition) is 3. The van der Waals surface area contributed by atoms with E-state index in [-0.39, 0.29) is 5.56 Å². The minimum absolute atomic E-state index is 0.131. The van der Waals surface area contributed by atoms with Crippen molar-refractivity contribution < 1.29 is 0 Å². The van der Waals surface area contributed by atoms with E-state index in [0.29, 0.717) is 6.04 Å². The lowest BCUT2D eigenvalue weighted by Gasteiger charge is -2.06. The molecule has 1 heterocycles. The van der Waals surface area contributed by atoms with Gasteiger partial charge in [0.15, 0.2) is 0 Å². The Morgan fingerprint density at radius 2 is 2.12 bits per heavy atom. The predicted molar refractivity (Wildman–Crippen MR) is 69.2 cm³/mol. The molecule has 1 N–H and O–H groups in total. The molecule has 3 nitrogen and oxygen atoms in total. The van der Waals surface area contributed by atoms with E-state index >= 15 is 0 Å². The van der Waals surface area contributed by atoms with Gasteiger partial charge >= 0.3 is 0 Å². The lowest BCUT2D eigenvalue weighted by atomic mass is 10.3. The zero-order chi connectivity index (χ0) is 11.5. The Labute approximate surface area is 98.9 Å². The van der Waals surface area contributed by atoms with Crippen molar-refractivity contribution in [2.75, 3.05) is 6.54 Å². The molecule has 1 aromatic carbocycles. The molecule has 0 spiro atoms. The van der Waals surface area contributed by atoms with Crippen LogP contribution >= 0.6 is 11.5 Å². The van der Waals surface area contributed by atoms with Gasteiger partial charge < -0.3 is 5.32 Å². The molecule has 0 bridgehead atoms. The van der Waals surface area contributed by atoms with Crippen LogP contribution in [0.1, 0.15) is 13.8 Å². The summed E-state index contributed by atoms with van der Waals surface area (Å²) in [4.78, 5) is 11.9. The quantitative estimate of drug-likeness (QED) is 0.881. The van der Waals surface area contributed by atoms with Crippen molar-refractivity contribution >= 4 is 21.6 Å². The maximum atomic E-state index is 11.9. The van der Waals surface area contributed by atoms with Crippen LogP contribution in [0.2, 0.25) is 0 Å². The highest BCUT2D eigenvalue weighted by Crippen LogP contribution is 2.15. The minimum Gasteiger partial charge on any atom is -0.313 e. The van der Waals surface area contributed by atoms with E-state index in [2.05, 4.69) is 19.2 Å². The van der Waals surface area contributed by atoms with E-state index in [0.717, 1.165) is 23.2 Å². The molecule has 1 aromatic heterocycles. The molecule has 0 atom stereocenters. The summed E-state index contributed by atoms with van der Waals surface area (Å²) in [6.45, 7) is 5.79. The fourth-order valence-electron chi connectivity index (χ4n) is 1.62. The molecule has 16 heavy (non-hydrogen) atoms. The standard InChI is InChI=1S/C12H16N2OS/c1-9(2)13-7-8-14-12(15)10-5-3-4-6-11(10)16-14/h3-6,9,13H,7-8H2,1-2H3. The molecule has 0 fully saturated rings. The third-order valence-electron chi connectivity index (χ3n) is 2.42. The maximum absolute atomic E-state index is 11.9. The Hall–Kier alpha value is -1.13. The number of hydrogen-bond donors (Lipinski definition) is 1. The molecule has 2 aromatic rings. The zero-order valence-electron chi connectivity index (χ0n) is 9.56. The number of nitrogens with zero attached hydrogens (tertiary/aromatic N) is 1. The van der Waals surface area contributed by atoms with E-state index in [4.69, 9.17) is 0 Å². The third kappa shape index (κ3) is 2.33. The van der Waals surface area contributed by atoms with E-state index in [9.17, 15) is 4.79 Å². The number of aromatic nitrogens is 1. The molecule has 2 rings (SSSR count). The van der Waals surface area contributed by atoms with Crippen molar-refractivity contribution in [2.45, 2.75) is 26.4 Å². The van der Waals surface area contributed by atoms with Gasteiger partial charge in [0.25, 0.3) is 5.56 Å². The Morgan fingerprint density at radius 1 is 1.38 bits per heavy atom. The molecule has 0 saturated heterocycles. The molecule has 0 amide bonds. The van der Waals surface area contributed by atoms with Crippen LogP contribution in [0.4, 0.5) is 0 Å². The van der Waals surface area contributed by atoms with Crippen LogP contribution in [0.5, 0.6) is 0 Å². The molecule has 0 saturated carbocycles. The summed E-state index contributed by atoms with van der Waals surface area (Å²) in [5.74, 6) is 0. The van der Waals surface area contributed by atoms with E-state index < -0.39 is 0 Å². The summed E-state index contributed by atoms with van der Waals surface area (Å²) in [5.41, 5.74) is 0.131. The lowest BCUT2D eigenvalue weighted by molar-refractivity contribution is 0.551. The average Bonchev–Trinajstić information content (AvgIpc) is 2.56. The molecule has 86 valence electrons. The molecule has 0 aliphatic rings. The van der Waals surface area contributed by atoms with Gasteiger partial charge in [-0.15, -0.1) is 0 Å². The summed E-state index contributed by atoms with van der Waals surface area (Å²) in [7, 11) is 0. The van der Waals surface area contributed by atoms with Crippen molar-refractivity contribution in [1.29, 1.82) is 0 Å². The monoisotopic (exact) mass is 236 g/mol. The van der Waals surface area contributed by atoms with Crippen LogP contribution < -0.4 is 10.9 Å². The van der Waals surface area contributed by atoms with E-state index in [1.807, 2.05) is 28.2 Å². The summed E-state index contributed by atoms with van der Waals surface area (Å²) in [6, 6.07) is 8.22. The van der Waals surface area contributed by atoms with Crippen LogP contribution in [0.15, 0.2) is 29.1 Å². The Kier molecular flexibility index (Phi) is 3.41. The Morgan fingerprint density at radius 3 is 2.81 bits per heavy atom. The Balaban J connectivity index is 2.19. The van der Waals surface area contributed by atoms with Gasteiger partial charge in [-0.1, -0.05) is 37.5 Å². The highest BCUT2D eigenvalue weighted by Gasteiger charge is 2.05. The number of fused-ring (bicyclic) bond motifs is 1. The van der Waals surface area contributed by atoms with Crippen LogP contribution in [-0.4, -0.2) is 16.5 Å². The highest BCUT2D eigenvalue weighted by molar-refractivity contribution is 7.13. The van der Waals surface area contributed by atoms with E-state index in [1.165, 1.54) is 11.5 Å². The topological polar surface area (TPSA) is 34.0 Å². The van der Waals surface area contributed by atoms with Gasteiger partial charge in [0, 0.05) is 19.1 Å². The molecule has 0 unspecified atom stereocenters. The summed E-state index contributed by atoms with van der Waals surface area (Å²) < 4.78 is 2.89. The minimum atomic E-state index is 0.131. The van der Waals surface area contributed by atoms with Gasteiger partial charge in [0.05, 0.1) is 10.1 Å². The zero-order valence-corrected chi connectivity index (χ0v) is 10.4. The number of rotatable bonds is 4. The lowest BCUT2D eigenvalue weighted by Crippen LogP contribution is -2.28. The SMILES string of the molecule is CC(C)NCCn1sc2ccccc2c1=O. The maximum Gasteiger partial charge on any atom is 0.268 e. The predicted octanol–water partition coefficient (Wildman–Crippen LogP) is 2.06. The molecule has 4 heteroatoms. The van der Waals surface area contributed by atoms with E-state index in [1.54, 1.807) is 0 Å². The first kappa shape index (κ1) is 11.4. The second-order valence-electron chi connectivity index (χ2n) is 4.10. The fourth-order valence-corrected chi connectivity index (χ4v) is 2.61. The molecule has 0 radical (unpaired) electrons. The summed E-state index contributed by atoms with van der Waals surface area (Å²) in [5, 5.41) is 4.14. The van der Waals surface area contributed by atoms with Crippen LogP contribution in [0.3, 0.4) is 0 Å². The highest BCUT2D eigenvalue weighted by atomic mass is 32.1. The van der Waals surface area contributed by atoms with Gasteiger partial charge in [-0.05, 0) is 12.1 Å². The normalized spacial score (nSPS) is 11.4. The largest absolute Gasteiger partial charge is 0.313 e. The summed E-state index contributed by atoms with van der Waals surface area (Å²) >= 11 is 1.54. The second kappa shape index (κ2) is 4.80. The van der Waals surface area contributed by atoms with Crippen molar-refractivity contribution in [3.63, 3.8) is 0 Å². The number of benzene rings is 1. The first-order valence-corrected chi connectivity index (χ1v) is 6.28. The fraction of sp³-hybridized carbons (Fsp3) is 0.417. The smallest absolute Gasteiger partial charge is 0.268 e. The van der Waals surface area contributed by atoms with Crippen LogP contribution in [0.25, 0.3) is 10.1 Å². The Bertz CT molecular complexity index is 527. The first-order chi connectivity index (χ1) is 7.68. The molecule has 0 aliphatic heterocycles. The van der Waals surface area contributed by atoms with Crippen molar-refractivity contribution in [2.24, 2.45) is 0 Å². The summed E-state index contributed by atoms with van der Waals surface area (Å²) in [6.07, 6.45) is 0. The van der Waals surface area contributed by atoms with Crippen molar-refractivity contribution in [3.05, 3.63) is 34.6 Å². The molecule has 0 aliphatic carbocycles. The van der Waals surface area contributed by atoms with Crippen molar-refractivity contribution in [1.82, 2.24) is 9.27 Å². The average molecular weight is 236 g/mol. The molecular weight excluding hydrogens is 220 g/mol.